The second-order valence-corrected chi connectivity index (χ2v) is 9.22. The Morgan fingerprint density at radius 1 is 1.40 bits per heavy atom. The monoisotopic (exact) mass is 447 g/mol. The second-order valence-electron chi connectivity index (χ2n) is 7.81. The summed E-state index contributed by atoms with van der Waals surface area (Å²) in [7, 11) is 0. The van der Waals surface area contributed by atoms with Crippen molar-refractivity contribution in [2.75, 3.05) is 6.61 Å². The molecule has 2 unspecified atom stereocenters. The Kier molecular flexibility index (Phi) is 4.91. The van der Waals surface area contributed by atoms with E-state index in [0.29, 0.717) is 17.7 Å². The van der Waals surface area contributed by atoms with Crippen LogP contribution in [0.15, 0.2) is 17.1 Å². The van der Waals surface area contributed by atoms with E-state index in [0.717, 1.165) is 46.8 Å². The molecule has 0 aromatic carbocycles. The maximum atomic E-state index is 12.4. The van der Waals surface area contributed by atoms with E-state index in [1.807, 2.05) is 23.7 Å². The van der Waals surface area contributed by atoms with Crippen LogP contribution >= 0.6 is 22.9 Å². The third-order valence-electron chi connectivity index (χ3n) is 5.98. The number of hydrogen-bond acceptors (Lipinski definition) is 7. The molecule has 0 amide bonds. The van der Waals surface area contributed by atoms with Crippen molar-refractivity contribution in [2.24, 2.45) is 0 Å². The van der Waals surface area contributed by atoms with Gasteiger partial charge in [0.1, 0.15) is 11.7 Å². The third-order valence-corrected chi connectivity index (χ3v) is 7.49. The van der Waals surface area contributed by atoms with Gasteiger partial charge in [0.25, 0.3) is 0 Å². The summed E-state index contributed by atoms with van der Waals surface area (Å²) < 4.78 is 8.24. The lowest BCUT2D eigenvalue weighted by atomic mass is 9.99. The quantitative estimate of drug-likeness (QED) is 0.559. The van der Waals surface area contributed by atoms with E-state index < -0.39 is 5.97 Å². The zero-order valence-corrected chi connectivity index (χ0v) is 18.4. The molecule has 0 N–H and O–H groups in total. The average Bonchev–Trinajstić information content (AvgIpc) is 3.30. The van der Waals surface area contributed by atoms with Crippen LogP contribution in [0.1, 0.15) is 47.6 Å². The molecule has 8 nitrogen and oxygen atoms in total. The van der Waals surface area contributed by atoms with E-state index in [9.17, 15) is 9.59 Å². The summed E-state index contributed by atoms with van der Waals surface area (Å²) in [5.41, 5.74) is 4.28. The van der Waals surface area contributed by atoms with Gasteiger partial charge in [-0.1, -0.05) is 22.9 Å². The standard InChI is InChI=1S/C20H22ClN5O3S/c1-3-29-18(27)10-25-19(21)16(30-20(25)28)9-24-12-4-5-14(24)13-8-22-17-6-11(2)23-26(17)15(13)7-12/h6,8,12,14H,3-5,7,9-10H2,1-2H3. The lowest BCUT2D eigenvalue weighted by Crippen LogP contribution is -2.38. The molecule has 5 rings (SSSR count). The smallest absolute Gasteiger partial charge is 0.326 e. The largest absolute Gasteiger partial charge is 0.465 e. The van der Waals surface area contributed by atoms with Crippen molar-refractivity contribution in [1.29, 1.82) is 0 Å². The van der Waals surface area contributed by atoms with Gasteiger partial charge in [-0.2, -0.15) is 5.10 Å². The maximum Gasteiger partial charge on any atom is 0.326 e. The van der Waals surface area contributed by atoms with Gasteiger partial charge < -0.3 is 4.74 Å². The number of aryl methyl sites for hydroxylation is 1. The molecule has 1 saturated heterocycles. The predicted octanol–water partition coefficient (Wildman–Crippen LogP) is 2.74. The highest BCUT2D eigenvalue weighted by Crippen LogP contribution is 2.44. The molecule has 0 saturated carbocycles. The summed E-state index contributed by atoms with van der Waals surface area (Å²) in [6.45, 7) is 4.42. The lowest BCUT2D eigenvalue weighted by molar-refractivity contribution is -0.143. The number of halogens is 1. The number of aromatic nitrogens is 4. The summed E-state index contributed by atoms with van der Waals surface area (Å²) in [6.07, 6.45) is 4.99. The molecular formula is C20H22ClN5O3S. The highest BCUT2D eigenvalue weighted by Gasteiger charge is 2.41. The Hall–Kier alpha value is -2.23. The minimum absolute atomic E-state index is 0.155. The van der Waals surface area contributed by atoms with Gasteiger partial charge in [-0.25, -0.2) is 9.50 Å². The van der Waals surface area contributed by atoms with E-state index in [4.69, 9.17) is 16.3 Å². The van der Waals surface area contributed by atoms with Crippen molar-refractivity contribution in [2.45, 2.75) is 58.3 Å². The normalized spacial score (nSPS) is 20.6. The summed E-state index contributed by atoms with van der Waals surface area (Å²) in [6, 6.07) is 2.59. The first-order valence-electron chi connectivity index (χ1n) is 10.1. The number of fused-ring (bicyclic) bond motifs is 6. The van der Waals surface area contributed by atoms with Crippen molar-refractivity contribution >= 4 is 34.6 Å². The number of rotatable bonds is 5. The predicted molar refractivity (Wildman–Crippen MR) is 113 cm³/mol. The van der Waals surface area contributed by atoms with Crippen molar-refractivity contribution in [3.8, 4) is 0 Å². The van der Waals surface area contributed by atoms with Crippen LogP contribution < -0.4 is 4.87 Å². The number of carbonyl (C=O) groups excluding carboxylic acids is 1. The van der Waals surface area contributed by atoms with Gasteiger partial charge in [0.15, 0.2) is 5.65 Å². The highest BCUT2D eigenvalue weighted by molar-refractivity contribution is 7.09. The second kappa shape index (κ2) is 7.47. The van der Waals surface area contributed by atoms with Gasteiger partial charge >= 0.3 is 10.8 Å². The minimum atomic E-state index is -0.456. The Morgan fingerprint density at radius 3 is 3.03 bits per heavy atom. The van der Waals surface area contributed by atoms with Crippen molar-refractivity contribution < 1.29 is 9.53 Å². The van der Waals surface area contributed by atoms with Crippen molar-refractivity contribution in [3.63, 3.8) is 0 Å². The van der Waals surface area contributed by atoms with E-state index in [2.05, 4.69) is 15.0 Å². The van der Waals surface area contributed by atoms with Gasteiger partial charge in [-0.05, 0) is 26.7 Å². The number of ether oxygens (including phenoxy) is 1. The first-order valence-corrected chi connectivity index (χ1v) is 11.3. The number of thiazole rings is 1. The summed E-state index contributed by atoms with van der Waals surface area (Å²) in [5.74, 6) is -0.456. The fourth-order valence-electron chi connectivity index (χ4n) is 4.71. The number of carbonyl (C=O) groups is 1. The number of hydrogen-bond donors (Lipinski definition) is 0. The summed E-state index contributed by atoms with van der Waals surface area (Å²) in [5, 5.41) is 4.96. The van der Waals surface area contributed by atoms with Crippen LogP contribution in [0.3, 0.4) is 0 Å². The first kappa shape index (κ1) is 19.7. The van der Waals surface area contributed by atoms with Crippen LogP contribution in [0.4, 0.5) is 0 Å². The van der Waals surface area contributed by atoms with E-state index in [1.54, 1.807) is 6.92 Å². The molecule has 30 heavy (non-hydrogen) atoms. The molecule has 1 fully saturated rings. The average molecular weight is 448 g/mol. The van der Waals surface area contributed by atoms with Crippen molar-refractivity contribution in [1.82, 2.24) is 24.1 Å². The summed E-state index contributed by atoms with van der Waals surface area (Å²) >= 11 is 7.61. The first-order chi connectivity index (χ1) is 14.5. The molecule has 3 aromatic heterocycles. The third kappa shape index (κ3) is 3.16. The topological polar surface area (TPSA) is 81.7 Å². The maximum absolute atomic E-state index is 12.4. The molecule has 158 valence electrons. The molecular weight excluding hydrogens is 426 g/mol. The number of esters is 1. The SMILES string of the molecule is CCOC(=O)Cn1c(Cl)c(CN2C3CCC2c2cnc4cc(C)nn4c2C3)sc1=O. The highest BCUT2D eigenvalue weighted by atomic mass is 35.5. The van der Waals surface area contributed by atoms with Gasteiger partial charge in [-0.15, -0.1) is 0 Å². The molecule has 3 aromatic rings. The van der Waals surface area contributed by atoms with Crippen LogP contribution in [0.25, 0.3) is 5.65 Å². The molecule has 0 radical (unpaired) electrons. The van der Waals surface area contributed by atoms with Gasteiger partial charge in [0.05, 0.1) is 22.9 Å². The van der Waals surface area contributed by atoms with E-state index in [-0.39, 0.29) is 24.1 Å². The fraction of sp³-hybridized carbons (Fsp3) is 0.500. The van der Waals surface area contributed by atoms with Crippen molar-refractivity contribution in [3.05, 3.63) is 48.9 Å². The van der Waals surface area contributed by atoms with Gasteiger partial charge in [-0.3, -0.25) is 19.1 Å². The molecule has 0 spiro atoms. The van der Waals surface area contributed by atoms with Crippen LogP contribution in [0.5, 0.6) is 0 Å². The summed E-state index contributed by atoms with van der Waals surface area (Å²) in [4.78, 5) is 31.8. The van der Waals surface area contributed by atoms with Gasteiger partial charge in [0, 0.05) is 42.9 Å². The molecule has 2 aliphatic heterocycles. The van der Waals surface area contributed by atoms with E-state index in [1.165, 1.54) is 15.8 Å². The Labute approximate surface area is 182 Å². The Morgan fingerprint density at radius 2 is 2.23 bits per heavy atom. The Bertz CT molecular complexity index is 1200. The van der Waals surface area contributed by atoms with Gasteiger partial charge in [0.2, 0.25) is 0 Å². The molecule has 2 bridgehead atoms. The zero-order chi connectivity index (χ0) is 21.0. The lowest BCUT2D eigenvalue weighted by Gasteiger charge is -2.35. The fourth-order valence-corrected chi connectivity index (χ4v) is 5.96. The van der Waals surface area contributed by atoms with Crippen LogP contribution in [0, 0.1) is 6.92 Å². The van der Waals surface area contributed by atoms with Crippen LogP contribution in [-0.2, 0) is 29.0 Å². The Balaban J connectivity index is 1.44. The molecule has 2 aliphatic rings. The number of nitrogens with zero attached hydrogens (tertiary/aromatic N) is 5. The molecule has 5 heterocycles. The van der Waals surface area contributed by atoms with Crippen LogP contribution in [0.2, 0.25) is 5.15 Å². The molecule has 2 atom stereocenters. The minimum Gasteiger partial charge on any atom is -0.465 e. The zero-order valence-electron chi connectivity index (χ0n) is 16.8. The molecule has 10 heteroatoms. The molecule has 0 aliphatic carbocycles. The van der Waals surface area contributed by atoms with Crippen LogP contribution in [-0.4, -0.2) is 42.7 Å². The van der Waals surface area contributed by atoms with E-state index >= 15 is 0 Å².